The average Bonchev–Trinajstić information content (AvgIpc) is 2.41. The van der Waals surface area contributed by atoms with E-state index in [1.807, 2.05) is 19.1 Å². The molecule has 1 rings (SSSR count). The average molecular weight is 294 g/mol. The molecule has 1 aromatic carbocycles. The van der Waals surface area contributed by atoms with Crippen molar-refractivity contribution >= 4 is 0 Å². The number of para-hydroxylation sites is 1. The Kier molecular flexibility index (Phi) is 7.54. The van der Waals surface area contributed by atoms with Crippen molar-refractivity contribution in [2.45, 2.75) is 39.8 Å². The molecule has 0 aromatic heterocycles. The van der Waals surface area contributed by atoms with Crippen molar-refractivity contribution in [2.75, 3.05) is 27.2 Å². The molecule has 21 heavy (non-hydrogen) atoms. The summed E-state index contributed by atoms with van der Waals surface area (Å²) in [6.45, 7) is 8.51. The van der Waals surface area contributed by atoms with Crippen molar-refractivity contribution in [3.05, 3.63) is 23.8 Å². The van der Waals surface area contributed by atoms with Gasteiger partial charge in [-0.25, -0.2) is 0 Å². The molecule has 4 nitrogen and oxygen atoms in total. The molecule has 120 valence electrons. The summed E-state index contributed by atoms with van der Waals surface area (Å²) in [5.41, 5.74) is 0.878. The molecule has 1 unspecified atom stereocenters. The summed E-state index contributed by atoms with van der Waals surface area (Å²) < 4.78 is 5.41. The summed E-state index contributed by atoms with van der Waals surface area (Å²) in [5.74, 6) is 1.48. The second-order valence-corrected chi connectivity index (χ2v) is 6.07. The van der Waals surface area contributed by atoms with Crippen molar-refractivity contribution in [3.8, 4) is 11.5 Å². The quantitative estimate of drug-likeness (QED) is 0.735. The molecule has 0 spiro atoms. The van der Waals surface area contributed by atoms with Crippen LogP contribution in [-0.2, 0) is 6.54 Å². The van der Waals surface area contributed by atoms with Crippen LogP contribution in [0.15, 0.2) is 18.2 Å². The number of aromatic hydroxyl groups is 1. The van der Waals surface area contributed by atoms with Gasteiger partial charge in [-0.3, -0.25) is 0 Å². The topological polar surface area (TPSA) is 44.7 Å². The Morgan fingerprint density at radius 2 is 2.00 bits per heavy atom. The highest BCUT2D eigenvalue weighted by atomic mass is 16.5. The monoisotopic (exact) mass is 294 g/mol. The first kappa shape index (κ1) is 17.8. The van der Waals surface area contributed by atoms with Crippen LogP contribution in [0.2, 0.25) is 0 Å². The molecule has 1 atom stereocenters. The third-order valence-electron chi connectivity index (χ3n) is 3.55. The van der Waals surface area contributed by atoms with Crippen molar-refractivity contribution in [2.24, 2.45) is 5.92 Å². The number of hydrogen-bond acceptors (Lipinski definition) is 4. The SMILES string of the molecule is CCOc1cccc(CNCC(CC(C)C)N(C)C)c1O. The number of hydrogen-bond donors (Lipinski definition) is 2. The van der Waals surface area contributed by atoms with Gasteiger partial charge in [0.2, 0.25) is 0 Å². The molecule has 0 fully saturated rings. The summed E-state index contributed by atoms with van der Waals surface area (Å²) in [7, 11) is 4.23. The first-order valence-corrected chi connectivity index (χ1v) is 7.76. The van der Waals surface area contributed by atoms with E-state index in [1.165, 1.54) is 0 Å². The lowest BCUT2D eigenvalue weighted by Gasteiger charge is -2.26. The third kappa shape index (κ3) is 5.94. The van der Waals surface area contributed by atoms with Gasteiger partial charge in [0.25, 0.3) is 0 Å². The number of nitrogens with zero attached hydrogens (tertiary/aromatic N) is 1. The van der Waals surface area contributed by atoms with Crippen LogP contribution < -0.4 is 10.1 Å². The normalized spacial score (nSPS) is 12.9. The Morgan fingerprint density at radius 1 is 1.29 bits per heavy atom. The number of nitrogens with one attached hydrogen (secondary N) is 1. The number of ether oxygens (including phenoxy) is 1. The second-order valence-electron chi connectivity index (χ2n) is 6.07. The zero-order chi connectivity index (χ0) is 15.8. The highest BCUT2D eigenvalue weighted by Gasteiger charge is 2.13. The van der Waals surface area contributed by atoms with E-state index in [9.17, 15) is 5.11 Å². The Morgan fingerprint density at radius 3 is 2.57 bits per heavy atom. The van der Waals surface area contributed by atoms with E-state index in [-0.39, 0.29) is 5.75 Å². The molecule has 2 N–H and O–H groups in total. The Labute approximate surface area is 129 Å². The molecule has 0 saturated heterocycles. The lowest BCUT2D eigenvalue weighted by Crippen LogP contribution is -2.38. The van der Waals surface area contributed by atoms with E-state index in [4.69, 9.17) is 4.74 Å². The van der Waals surface area contributed by atoms with Gasteiger partial charge in [-0.2, -0.15) is 0 Å². The second kappa shape index (κ2) is 8.90. The predicted octanol–water partition coefficient (Wildman–Crippen LogP) is 2.86. The Balaban J connectivity index is 2.56. The van der Waals surface area contributed by atoms with Crippen molar-refractivity contribution in [1.29, 1.82) is 0 Å². The lowest BCUT2D eigenvalue weighted by atomic mass is 10.0. The molecule has 0 heterocycles. The van der Waals surface area contributed by atoms with Gasteiger partial charge in [-0.05, 0) is 39.4 Å². The largest absolute Gasteiger partial charge is 0.504 e. The van der Waals surface area contributed by atoms with E-state index in [0.29, 0.717) is 30.9 Å². The molecular weight excluding hydrogens is 264 g/mol. The fraction of sp³-hybridized carbons (Fsp3) is 0.647. The van der Waals surface area contributed by atoms with Crippen LogP contribution in [0, 0.1) is 5.92 Å². The van der Waals surface area contributed by atoms with Gasteiger partial charge in [-0.1, -0.05) is 26.0 Å². The van der Waals surface area contributed by atoms with Crippen LogP contribution in [-0.4, -0.2) is 43.3 Å². The van der Waals surface area contributed by atoms with E-state index in [0.717, 1.165) is 18.5 Å². The molecule has 0 bridgehead atoms. The standard InChI is InChI=1S/C17H30N2O2/c1-6-21-16-9-7-8-14(17(16)20)11-18-12-15(19(4)5)10-13(2)3/h7-9,13,15,18,20H,6,10-12H2,1-5H3. The Bertz CT molecular complexity index is 419. The summed E-state index contributed by atoms with van der Waals surface area (Å²) in [4.78, 5) is 2.25. The van der Waals surface area contributed by atoms with Crippen molar-refractivity contribution in [1.82, 2.24) is 10.2 Å². The molecule has 4 heteroatoms. The minimum absolute atomic E-state index is 0.247. The summed E-state index contributed by atoms with van der Waals surface area (Å²) in [6, 6.07) is 6.14. The van der Waals surface area contributed by atoms with Crippen LogP contribution >= 0.6 is 0 Å². The van der Waals surface area contributed by atoms with Crippen LogP contribution in [0.1, 0.15) is 32.8 Å². The first-order chi connectivity index (χ1) is 9.95. The molecule has 0 aliphatic heterocycles. The maximum absolute atomic E-state index is 10.2. The first-order valence-electron chi connectivity index (χ1n) is 7.76. The summed E-state index contributed by atoms with van der Waals surface area (Å²) in [5, 5.41) is 13.6. The number of phenolic OH excluding ortho intramolecular Hbond substituents is 1. The zero-order valence-corrected chi connectivity index (χ0v) is 14.0. The Hall–Kier alpha value is -1.26. The van der Waals surface area contributed by atoms with Crippen LogP contribution in [0.5, 0.6) is 11.5 Å². The molecule has 0 amide bonds. The predicted molar refractivity (Wildman–Crippen MR) is 87.9 cm³/mol. The van der Waals surface area contributed by atoms with E-state index in [1.54, 1.807) is 6.07 Å². The molecule has 1 aromatic rings. The van der Waals surface area contributed by atoms with E-state index >= 15 is 0 Å². The third-order valence-corrected chi connectivity index (χ3v) is 3.55. The van der Waals surface area contributed by atoms with E-state index in [2.05, 4.69) is 38.2 Å². The number of benzene rings is 1. The molecule has 0 aliphatic carbocycles. The van der Waals surface area contributed by atoms with Gasteiger partial charge < -0.3 is 20.1 Å². The van der Waals surface area contributed by atoms with Crippen molar-refractivity contribution < 1.29 is 9.84 Å². The van der Waals surface area contributed by atoms with Gasteiger partial charge >= 0.3 is 0 Å². The zero-order valence-electron chi connectivity index (χ0n) is 14.0. The molecule has 0 aliphatic rings. The smallest absolute Gasteiger partial charge is 0.162 e. The number of rotatable bonds is 9. The maximum Gasteiger partial charge on any atom is 0.162 e. The lowest BCUT2D eigenvalue weighted by molar-refractivity contribution is 0.246. The maximum atomic E-state index is 10.2. The highest BCUT2D eigenvalue weighted by Crippen LogP contribution is 2.29. The number of likely N-dealkylation sites (N-methyl/N-ethyl adjacent to an activating group) is 1. The van der Waals surface area contributed by atoms with Gasteiger partial charge in [-0.15, -0.1) is 0 Å². The van der Waals surface area contributed by atoms with Crippen LogP contribution in [0.4, 0.5) is 0 Å². The molecule has 0 radical (unpaired) electrons. The van der Waals surface area contributed by atoms with Gasteiger partial charge in [0.05, 0.1) is 6.61 Å². The molecule has 0 saturated carbocycles. The highest BCUT2D eigenvalue weighted by molar-refractivity contribution is 5.45. The van der Waals surface area contributed by atoms with Crippen LogP contribution in [0.25, 0.3) is 0 Å². The van der Waals surface area contributed by atoms with Gasteiger partial charge in [0, 0.05) is 24.7 Å². The minimum atomic E-state index is 0.247. The van der Waals surface area contributed by atoms with Gasteiger partial charge in [0.15, 0.2) is 11.5 Å². The molecular formula is C17H30N2O2. The minimum Gasteiger partial charge on any atom is -0.504 e. The fourth-order valence-corrected chi connectivity index (χ4v) is 2.38. The van der Waals surface area contributed by atoms with Gasteiger partial charge in [0.1, 0.15) is 0 Å². The fourth-order valence-electron chi connectivity index (χ4n) is 2.38. The summed E-state index contributed by atoms with van der Waals surface area (Å²) >= 11 is 0. The summed E-state index contributed by atoms with van der Waals surface area (Å²) in [6.07, 6.45) is 1.16. The number of phenols is 1. The van der Waals surface area contributed by atoms with E-state index < -0.39 is 0 Å². The van der Waals surface area contributed by atoms with Crippen LogP contribution in [0.3, 0.4) is 0 Å². The van der Waals surface area contributed by atoms with Crippen molar-refractivity contribution in [3.63, 3.8) is 0 Å².